The molecule has 0 amide bonds. The Balaban J connectivity index is 1.37. The molecule has 0 aromatic heterocycles. The number of hydrogen-bond acceptors (Lipinski definition) is 4. The molecule has 3 aliphatic heterocycles. The van der Waals surface area contributed by atoms with Gasteiger partial charge in [-0.3, -0.25) is 5.32 Å². The van der Waals surface area contributed by atoms with E-state index in [9.17, 15) is 4.91 Å². The molecule has 3 aliphatic rings. The Morgan fingerprint density at radius 2 is 2.12 bits per heavy atom. The summed E-state index contributed by atoms with van der Waals surface area (Å²) < 4.78 is 7.34. The van der Waals surface area contributed by atoms with E-state index in [1.54, 1.807) is 0 Å². The maximum Gasteiger partial charge on any atom is 0.257 e. The third-order valence-corrected chi connectivity index (χ3v) is 6.09. The lowest BCUT2D eigenvalue weighted by Gasteiger charge is -2.34. The van der Waals surface area contributed by atoms with Crippen molar-refractivity contribution in [1.82, 2.24) is 10.2 Å². The molecule has 3 unspecified atom stereocenters. The molecular weight excluding hydrogens is 302 g/mol. The van der Waals surface area contributed by atoms with Gasteiger partial charge in [0.2, 0.25) is 6.04 Å². The van der Waals surface area contributed by atoms with Crippen LogP contribution in [0.25, 0.3) is 0 Å². The van der Waals surface area contributed by atoms with Gasteiger partial charge in [-0.25, -0.2) is 0 Å². The second-order valence-electron chi connectivity index (χ2n) is 7.97. The SMILES string of the molecule is CCCO[C@H]1CCCN(CCCC2CCC3CCCNC3[N+]2=O)C1. The summed E-state index contributed by atoms with van der Waals surface area (Å²) in [5.74, 6) is 0.589. The number of likely N-dealkylation sites (tertiary alicyclic amines) is 1. The summed E-state index contributed by atoms with van der Waals surface area (Å²) in [6.45, 7) is 7.48. The lowest BCUT2D eigenvalue weighted by molar-refractivity contribution is -0.647. The summed E-state index contributed by atoms with van der Waals surface area (Å²) in [7, 11) is 0. The fourth-order valence-electron chi connectivity index (χ4n) is 4.76. The first-order chi connectivity index (χ1) is 11.8. The van der Waals surface area contributed by atoms with Gasteiger partial charge in [0.05, 0.1) is 6.10 Å². The number of nitroso groups, excluding NO2 is 1. The molecule has 0 aromatic rings. The van der Waals surface area contributed by atoms with Crippen LogP contribution in [0.2, 0.25) is 0 Å². The zero-order valence-corrected chi connectivity index (χ0v) is 15.4. The van der Waals surface area contributed by atoms with Crippen LogP contribution in [0.4, 0.5) is 0 Å². The highest BCUT2D eigenvalue weighted by atomic mass is 16.5. The first kappa shape index (κ1) is 18.3. The van der Waals surface area contributed by atoms with Gasteiger partial charge in [0.15, 0.2) is 0 Å². The second-order valence-corrected chi connectivity index (χ2v) is 7.97. The average molecular weight is 339 g/mol. The lowest BCUT2D eigenvalue weighted by Crippen LogP contribution is -2.54. The van der Waals surface area contributed by atoms with Crippen LogP contribution >= 0.6 is 0 Å². The van der Waals surface area contributed by atoms with Gasteiger partial charge in [0, 0.05) is 48.1 Å². The fourth-order valence-corrected chi connectivity index (χ4v) is 4.76. The molecule has 4 atom stereocenters. The van der Waals surface area contributed by atoms with Gasteiger partial charge in [0.25, 0.3) is 6.17 Å². The normalized spacial score (nSPS) is 35.0. The number of ether oxygens (including phenoxy) is 1. The van der Waals surface area contributed by atoms with Gasteiger partial charge in [-0.15, -0.1) is 0 Å². The third kappa shape index (κ3) is 4.77. The first-order valence-corrected chi connectivity index (χ1v) is 10.3. The van der Waals surface area contributed by atoms with Crippen molar-refractivity contribution in [3.8, 4) is 0 Å². The molecule has 0 bridgehead atoms. The van der Waals surface area contributed by atoms with Gasteiger partial charge in [0.1, 0.15) is 0 Å². The van der Waals surface area contributed by atoms with Gasteiger partial charge >= 0.3 is 0 Å². The van der Waals surface area contributed by atoms with E-state index in [1.807, 2.05) is 0 Å². The van der Waals surface area contributed by atoms with Crippen LogP contribution in [-0.4, -0.2) is 60.8 Å². The van der Waals surface area contributed by atoms with E-state index in [2.05, 4.69) is 17.1 Å². The van der Waals surface area contributed by atoms with Gasteiger partial charge in [-0.05, 0) is 58.0 Å². The van der Waals surface area contributed by atoms with Crippen molar-refractivity contribution in [3.05, 3.63) is 4.91 Å². The van der Waals surface area contributed by atoms with Crippen LogP contribution in [0.5, 0.6) is 0 Å². The topological polar surface area (TPSA) is 44.6 Å². The van der Waals surface area contributed by atoms with Crippen LogP contribution in [-0.2, 0) is 4.74 Å². The zero-order valence-electron chi connectivity index (χ0n) is 15.4. The molecule has 3 fully saturated rings. The van der Waals surface area contributed by atoms with E-state index in [0.717, 1.165) is 51.9 Å². The Morgan fingerprint density at radius 1 is 1.21 bits per heavy atom. The molecule has 5 nitrogen and oxygen atoms in total. The number of piperidine rings is 3. The molecule has 3 saturated heterocycles. The summed E-state index contributed by atoms with van der Waals surface area (Å²) in [6, 6.07) is 0.230. The zero-order chi connectivity index (χ0) is 16.8. The van der Waals surface area contributed by atoms with Crippen molar-refractivity contribution in [3.63, 3.8) is 0 Å². The maximum absolute atomic E-state index is 12.6. The van der Waals surface area contributed by atoms with E-state index >= 15 is 0 Å². The van der Waals surface area contributed by atoms with Crippen molar-refractivity contribution in [2.45, 2.75) is 83.0 Å². The monoisotopic (exact) mass is 338 g/mol. The van der Waals surface area contributed by atoms with Gasteiger partial charge in [-0.2, -0.15) is 0 Å². The van der Waals surface area contributed by atoms with E-state index < -0.39 is 0 Å². The summed E-state index contributed by atoms with van der Waals surface area (Å²) >= 11 is 0. The standard InChI is InChI=1S/C19H36N3O2/c1-2-14-24-18-8-5-13-21(15-18)12-4-7-17-10-9-16-6-3-11-20-19(16)22(17)23/h16-20H,2-15H2,1H3/q+1/t16?,17?,18-,19?/m0/s1. The number of hydrogen-bond donors (Lipinski definition) is 1. The van der Waals surface area contributed by atoms with E-state index in [1.165, 1.54) is 43.4 Å². The average Bonchev–Trinajstić information content (AvgIpc) is 2.62. The molecule has 0 saturated carbocycles. The molecule has 138 valence electrons. The van der Waals surface area contributed by atoms with Crippen molar-refractivity contribution < 1.29 is 9.50 Å². The van der Waals surface area contributed by atoms with Crippen molar-refractivity contribution in [2.24, 2.45) is 5.92 Å². The van der Waals surface area contributed by atoms with Crippen LogP contribution in [0.15, 0.2) is 0 Å². The second kappa shape index (κ2) is 9.25. The van der Waals surface area contributed by atoms with Crippen molar-refractivity contribution in [1.29, 1.82) is 0 Å². The van der Waals surface area contributed by atoms with Crippen molar-refractivity contribution >= 4 is 0 Å². The minimum atomic E-state index is 0.0966. The van der Waals surface area contributed by atoms with E-state index in [0.29, 0.717) is 12.0 Å². The van der Waals surface area contributed by atoms with E-state index in [-0.39, 0.29) is 12.2 Å². The minimum Gasteiger partial charge on any atom is -0.377 e. The first-order valence-electron chi connectivity index (χ1n) is 10.3. The molecule has 3 rings (SSSR count). The van der Waals surface area contributed by atoms with Crippen LogP contribution < -0.4 is 5.32 Å². The van der Waals surface area contributed by atoms with Gasteiger partial charge in [-0.1, -0.05) is 6.92 Å². The quantitative estimate of drug-likeness (QED) is 0.725. The Hall–Kier alpha value is -0.520. The summed E-state index contributed by atoms with van der Waals surface area (Å²) in [5, 5.41) is 3.45. The highest BCUT2D eigenvalue weighted by Gasteiger charge is 2.45. The lowest BCUT2D eigenvalue weighted by atomic mass is 9.84. The predicted molar refractivity (Wildman–Crippen MR) is 96.1 cm³/mol. The molecule has 3 heterocycles. The van der Waals surface area contributed by atoms with E-state index in [4.69, 9.17) is 4.74 Å². The molecule has 24 heavy (non-hydrogen) atoms. The van der Waals surface area contributed by atoms with Gasteiger partial charge < -0.3 is 9.64 Å². The highest BCUT2D eigenvalue weighted by molar-refractivity contribution is 4.80. The fraction of sp³-hybridized carbons (Fsp3) is 1.00. The molecule has 5 heteroatoms. The Labute approximate surface area is 147 Å². The number of nitrogens with one attached hydrogen (secondary N) is 1. The predicted octanol–water partition coefficient (Wildman–Crippen LogP) is 2.92. The Kier molecular flexibility index (Phi) is 7.05. The molecule has 0 aromatic carbocycles. The molecule has 1 N–H and O–H groups in total. The molecular formula is C19H36N3O2+. The smallest absolute Gasteiger partial charge is 0.257 e. The Morgan fingerprint density at radius 3 is 3.00 bits per heavy atom. The van der Waals surface area contributed by atoms with Crippen LogP contribution in [0, 0.1) is 10.8 Å². The highest BCUT2D eigenvalue weighted by Crippen LogP contribution is 2.31. The largest absolute Gasteiger partial charge is 0.377 e. The van der Waals surface area contributed by atoms with Crippen molar-refractivity contribution in [2.75, 3.05) is 32.8 Å². The number of fused-ring (bicyclic) bond motifs is 1. The van der Waals surface area contributed by atoms with Crippen LogP contribution in [0.1, 0.15) is 64.7 Å². The summed E-state index contributed by atoms with van der Waals surface area (Å²) in [5.41, 5.74) is 0. The maximum atomic E-state index is 12.6. The van der Waals surface area contributed by atoms with Crippen LogP contribution in [0.3, 0.4) is 0 Å². The summed E-state index contributed by atoms with van der Waals surface area (Å²) in [4.78, 5) is 15.2. The molecule has 0 spiro atoms. The molecule has 0 aliphatic carbocycles. The third-order valence-electron chi connectivity index (χ3n) is 6.09. The number of rotatable bonds is 7. The molecule has 0 radical (unpaired) electrons. The Bertz CT molecular complexity index is 404. The minimum absolute atomic E-state index is 0.0966. The number of nitrogens with zero attached hydrogens (tertiary/aromatic N) is 2. The summed E-state index contributed by atoms with van der Waals surface area (Å²) in [6.07, 6.45) is 11.1.